The number of rotatable bonds is 6. The average Bonchev–Trinajstić information content (AvgIpc) is 3.08. The zero-order valence-corrected chi connectivity index (χ0v) is 16.6. The van der Waals surface area contributed by atoms with Gasteiger partial charge in [-0.2, -0.15) is 4.98 Å². The lowest BCUT2D eigenvalue weighted by atomic mass is 10.1. The second-order valence-corrected chi connectivity index (χ2v) is 7.19. The average molecular weight is 404 g/mol. The van der Waals surface area contributed by atoms with E-state index in [1.165, 1.54) is 18.9 Å². The number of carbonyl (C=O) groups is 1. The van der Waals surface area contributed by atoms with Crippen LogP contribution in [0.4, 0.5) is 5.69 Å². The smallest absolute Gasteiger partial charge is 0.256 e. The Hall–Kier alpha value is -2.51. The first-order valence-electron chi connectivity index (χ1n) is 8.14. The first-order valence-corrected chi connectivity index (χ1v) is 9.50. The minimum absolute atomic E-state index is 0.234. The third-order valence-corrected chi connectivity index (χ3v) is 5.26. The van der Waals surface area contributed by atoms with Crippen molar-refractivity contribution in [3.8, 4) is 5.75 Å². The molecule has 0 aliphatic rings. The molecule has 0 radical (unpaired) electrons. The lowest BCUT2D eigenvalue weighted by Gasteiger charge is -2.13. The van der Waals surface area contributed by atoms with E-state index in [4.69, 9.17) is 20.9 Å². The summed E-state index contributed by atoms with van der Waals surface area (Å²) in [6.45, 7) is 3.61. The monoisotopic (exact) mass is 403 g/mol. The van der Waals surface area contributed by atoms with Gasteiger partial charge in [0.15, 0.2) is 5.82 Å². The SMILES string of the molecule is COc1cc(Cl)c(C)cc1NC(=O)c1ccccc1SCc1noc(C)n1. The van der Waals surface area contributed by atoms with Crippen molar-refractivity contribution < 1.29 is 14.1 Å². The minimum atomic E-state index is -0.234. The van der Waals surface area contributed by atoms with Gasteiger partial charge in [-0.05, 0) is 30.7 Å². The fraction of sp³-hybridized carbons (Fsp3) is 0.211. The van der Waals surface area contributed by atoms with Crippen LogP contribution in [0.25, 0.3) is 0 Å². The van der Waals surface area contributed by atoms with Crippen LogP contribution in [0.2, 0.25) is 5.02 Å². The van der Waals surface area contributed by atoms with Crippen LogP contribution in [0.1, 0.15) is 27.6 Å². The number of nitrogens with one attached hydrogen (secondary N) is 1. The first-order chi connectivity index (χ1) is 13.0. The molecule has 27 heavy (non-hydrogen) atoms. The van der Waals surface area contributed by atoms with Gasteiger partial charge in [0.25, 0.3) is 5.91 Å². The summed E-state index contributed by atoms with van der Waals surface area (Å²) in [6.07, 6.45) is 0. The van der Waals surface area contributed by atoms with Gasteiger partial charge in [-0.15, -0.1) is 11.8 Å². The van der Waals surface area contributed by atoms with Gasteiger partial charge in [-0.1, -0.05) is 28.9 Å². The Morgan fingerprint density at radius 3 is 2.78 bits per heavy atom. The number of methoxy groups -OCH3 is 1. The Balaban J connectivity index is 1.80. The summed E-state index contributed by atoms with van der Waals surface area (Å²) < 4.78 is 10.3. The summed E-state index contributed by atoms with van der Waals surface area (Å²) in [5.41, 5.74) is 1.97. The molecule has 140 valence electrons. The maximum atomic E-state index is 12.9. The first kappa shape index (κ1) is 19.3. The minimum Gasteiger partial charge on any atom is -0.495 e. The van der Waals surface area contributed by atoms with E-state index in [0.29, 0.717) is 39.5 Å². The predicted octanol–water partition coefficient (Wildman–Crippen LogP) is 4.89. The maximum absolute atomic E-state index is 12.9. The van der Waals surface area contributed by atoms with Gasteiger partial charge in [-0.25, -0.2) is 0 Å². The largest absolute Gasteiger partial charge is 0.495 e. The van der Waals surface area contributed by atoms with E-state index in [9.17, 15) is 4.79 Å². The molecule has 0 bridgehead atoms. The van der Waals surface area contributed by atoms with Crippen molar-refractivity contribution in [2.45, 2.75) is 24.5 Å². The second kappa shape index (κ2) is 8.45. The van der Waals surface area contributed by atoms with Crippen molar-refractivity contribution in [2.75, 3.05) is 12.4 Å². The molecule has 0 atom stereocenters. The van der Waals surface area contributed by atoms with E-state index in [2.05, 4.69) is 15.5 Å². The van der Waals surface area contributed by atoms with Gasteiger partial charge in [0.05, 0.1) is 24.1 Å². The second-order valence-electron chi connectivity index (χ2n) is 5.77. The third kappa shape index (κ3) is 4.61. The molecular weight excluding hydrogens is 386 g/mol. The molecule has 1 aromatic heterocycles. The molecule has 0 saturated heterocycles. The fourth-order valence-corrected chi connectivity index (χ4v) is 3.49. The number of halogens is 1. The fourth-order valence-electron chi connectivity index (χ4n) is 2.44. The number of thioether (sulfide) groups is 1. The van der Waals surface area contributed by atoms with Crippen LogP contribution in [0, 0.1) is 13.8 Å². The van der Waals surface area contributed by atoms with Gasteiger partial charge in [0.2, 0.25) is 5.89 Å². The number of amides is 1. The number of hydrogen-bond acceptors (Lipinski definition) is 6. The molecule has 0 aliphatic heterocycles. The molecule has 1 heterocycles. The Morgan fingerprint density at radius 1 is 1.30 bits per heavy atom. The summed E-state index contributed by atoms with van der Waals surface area (Å²) in [5, 5.41) is 7.36. The maximum Gasteiger partial charge on any atom is 0.256 e. The standard InChI is InChI=1S/C19H18ClN3O3S/c1-11-8-15(16(25-3)9-14(11)20)22-19(24)13-6-4-5-7-17(13)27-10-18-21-12(2)26-23-18/h4-9H,10H2,1-3H3,(H,22,24). The molecule has 0 spiro atoms. The highest BCUT2D eigenvalue weighted by atomic mass is 35.5. The lowest BCUT2D eigenvalue weighted by Crippen LogP contribution is -2.14. The van der Waals surface area contributed by atoms with Crippen LogP contribution >= 0.6 is 23.4 Å². The molecule has 0 aliphatic carbocycles. The summed E-state index contributed by atoms with van der Waals surface area (Å²) in [7, 11) is 1.54. The van der Waals surface area contributed by atoms with Crippen LogP contribution in [-0.2, 0) is 5.75 Å². The van der Waals surface area contributed by atoms with Crippen molar-refractivity contribution in [1.82, 2.24) is 10.1 Å². The molecule has 3 rings (SSSR count). The predicted molar refractivity (Wildman–Crippen MR) is 106 cm³/mol. The number of hydrogen-bond donors (Lipinski definition) is 1. The molecule has 3 aromatic rings. The highest BCUT2D eigenvalue weighted by Crippen LogP contribution is 2.32. The van der Waals surface area contributed by atoms with Crippen LogP contribution in [0.3, 0.4) is 0 Å². The lowest BCUT2D eigenvalue weighted by molar-refractivity contribution is 0.102. The quantitative estimate of drug-likeness (QED) is 0.590. The van der Waals surface area contributed by atoms with E-state index >= 15 is 0 Å². The summed E-state index contributed by atoms with van der Waals surface area (Å²) in [4.78, 5) is 17.9. The van der Waals surface area contributed by atoms with Gasteiger partial charge >= 0.3 is 0 Å². The van der Waals surface area contributed by atoms with Crippen LogP contribution in [-0.4, -0.2) is 23.2 Å². The Kier molecular flexibility index (Phi) is 6.03. The normalized spacial score (nSPS) is 10.7. The number of carbonyl (C=O) groups excluding carboxylic acids is 1. The molecule has 2 aromatic carbocycles. The number of nitrogens with zero attached hydrogens (tertiary/aromatic N) is 2. The summed E-state index contributed by atoms with van der Waals surface area (Å²) >= 11 is 7.60. The molecule has 0 saturated carbocycles. The summed E-state index contributed by atoms with van der Waals surface area (Å²) in [6, 6.07) is 10.8. The van der Waals surface area contributed by atoms with Crippen LogP contribution in [0.5, 0.6) is 5.75 Å². The molecule has 1 N–H and O–H groups in total. The highest BCUT2D eigenvalue weighted by Gasteiger charge is 2.16. The van der Waals surface area contributed by atoms with Crippen molar-refractivity contribution in [3.05, 3.63) is 64.3 Å². The molecule has 8 heteroatoms. The van der Waals surface area contributed by atoms with E-state index < -0.39 is 0 Å². The number of anilines is 1. The van der Waals surface area contributed by atoms with E-state index in [0.717, 1.165) is 10.5 Å². The number of aryl methyl sites for hydroxylation is 2. The molecule has 6 nitrogen and oxygen atoms in total. The van der Waals surface area contributed by atoms with Gasteiger partial charge < -0.3 is 14.6 Å². The number of aromatic nitrogens is 2. The molecular formula is C19H18ClN3O3S. The van der Waals surface area contributed by atoms with Crippen LogP contribution in [0.15, 0.2) is 45.8 Å². The van der Waals surface area contributed by atoms with Crippen LogP contribution < -0.4 is 10.1 Å². The Morgan fingerprint density at radius 2 is 2.07 bits per heavy atom. The Labute approximate surface area is 166 Å². The highest BCUT2D eigenvalue weighted by molar-refractivity contribution is 7.98. The zero-order valence-electron chi connectivity index (χ0n) is 15.1. The van der Waals surface area contributed by atoms with E-state index in [-0.39, 0.29) is 5.91 Å². The number of ether oxygens (including phenoxy) is 1. The van der Waals surface area contributed by atoms with Crippen molar-refractivity contribution in [1.29, 1.82) is 0 Å². The molecule has 1 amide bonds. The molecule has 0 unspecified atom stereocenters. The van der Waals surface area contributed by atoms with Gasteiger partial charge in [0, 0.05) is 22.9 Å². The third-order valence-electron chi connectivity index (χ3n) is 3.79. The zero-order chi connectivity index (χ0) is 19.4. The van der Waals surface area contributed by atoms with Crippen molar-refractivity contribution >= 4 is 35.0 Å². The van der Waals surface area contributed by atoms with E-state index in [1.807, 2.05) is 25.1 Å². The van der Waals surface area contributed by atoms with Gasteiger partial charge in [0.1, 0.15) is 5.75 Å². The van der Waals surface area contributed by atoms with Crippen molar-refractivity contribution in [2.24, 2.45) is 0 Å². The Bertz CT molecular complexity index is 975. The van der Waals surface area contributed by atoms with Gasteiger partial charge in [-0.3, -0.25) is 4.79 Å². The summed E-state index contributed by atoms with van der Waals surface area (Å²) in [5.74, 6) is 1.88. The van der Waals surface area contributed by atoms with E-state index in [1.54, 1.807) is 25.1 Å². The topological polar surface area (TPSA) is 77.2 Å². The van der Waals surface area contributed by atoms with Crippen molar-refractivity contribution in [3.63, 3.8) is 0 Å². The number of benzene rings is 2. The molecule has 0 fully saturated rings.